The van der Waals surface area contributed by atoms with Crippen molar-refractivity contribution in [3.63, 3.8) is 0 Å². The topological polar surface area (TPSA) is 58.1 Å². The molecule has 2 aromatic rings. The average Bonchev–Trinajstić information content (AvgIpc) is 3.38. The third-order valence-electron chi connectivity index (χ3n) is 6.06. The molecule has 0 spiro atoms. The summed E-state index contributed by atoms with van der Waals surface area (Å²) in [5.74, 6) is 3.14. The van der Waals surface area contributed by atoms with E-state index in [1.807, 2.05) is 18.9 Å². The Bertz CT molecular complexity index is 874. The molecule has 0 aromatic carbocycles. The van der Waals surface area contributed by atoms with Gasteiger partial charge in [-0.3, -0.25) is 4.79 Å². The number of aryl methyl sites for hydroxylation is 1. The van der Waals surface area contributed by atoms with Gasteiger partial charge in [0.25, 0.3) is 5.91 Å². The predicted octanol–water partition coefficient (Wildman–Crippen LogP) is 4.50. The van der Waals surface area contributed by atoms with Crippen LogP contribution in [0.5, 0.6) is 0 Å². The van der Waals surface area contributed by atoms with E-state index in [1.54, 1.807) is 6.33 Å². The maximum Gasteiger partial charge on any atom is 0.264 e. The highest BCUT2D eigenvalue weighted by Crippen LogP contribution is 2.43. The normalized spacial score (nSPS) is 23.3. The number of hydrogen-bond acceptors (Lipinski definition) is 5. The molecule has 2 bridgehead atoms. The van der Waals surface area contributed by atoms with Crippen molar-refractivity contribution < 1.29 is 4.79 Å². The molecule has 2 aliphatic rings. The number of carbonyl (C=O) groups is 1. The summed E-state index contributed by atoms with van der Waals surface area (Å²) in [4.78, 5) is 25.3. The second-order valence-corrected chi connectivity index (χ2v) is 8.96. The first-order chi connectivity index (χ1) is 13.1. The lowest BCUT2D eigenvalue weighted by molar-refractivity contribution is 0.0797. The van der Waals surface area contributed by atoms with Crippen LogP contribution >= 0.6 is 11.3 Å². The number of nitrogens with zero attached hydrogens (tertiary/aromatic N) is 3. The van der Waals surface area contributed by atoms with Gasteiger partial charge in [0, 0.05) is 20.1 Å². The van der Waals surface area contributed by atoms with Gasteiger partial charge in [-0.15, -0.1) is 11.3 Å². The largest absolute Gasteiger partial charge is 0.369 e. The van der Waals surface area contributed by atoms with Gasteiger partial charge in [0.1, 0.15) is 17.0 Å². The fourth-order valence-electron chi connectivity index (χ4n) is 4.44. The molecule has 144 valence electrons. The molecule has 0 radical (unpaired) electrons. The van der Waals surface area contributed by atoms with E-state index in [9.17, 15) is 4.79 Å². The number of allylic oxidation sites excluding steroid dienone is 2. The summed E-state index contributed by atoms with van der Waals surface area (Å²) in [6.07, 6.45) is 11.1. The van der Waals surface area contributed by atoms with Crippen molar-refractivity contribution >= 4 is 33.3 Å². The SMILES string of the molecule is CCCCN(C)C(=O)c1sc2ncnc(NC[C@@H]3C[C@H]4C=C[C@@H]3C4)c2c1C. The molecule has 1 saturated carbocycles. The number of unbranched alkanes of at least 4 members (excludes halogenated alkanes) is 1. The molecule has 2 aliphatic carbocycles. The fraction of sp³-hybridized carbons (Fsp3) is 0.571. The number of anilines is 1. The zero-order valence-electron chi connectivity index (χ0n) is 16.4. The second-order valence-electron chi connectivity index (χ2n) is 7.96. The van der Waals surface area contributed by atoms with Crippen LogP contribution in [0.4, 0.5) is 5.82 Å². The van der Waals surface area contributed by atoms with Gasteiger partial charge in [0.2, 0.25) is 0 Å². The molecule has 0 unspecified atom stereocenters. The summed E-state index contributed by atoms with van der Waals surface area (Å²) in [6, 6.07) is 0. The van der Waals surface area contributed by atoms with Crippen LogP contribution in [0.1, 0.15) is 47.8 Å². The maximum atomic E-state index is 12.9. The highest BCUT2D eigenvalue weighted by molar-refractivity contribution is 7.20. The Labute approximate surface area is 164 Å². The quantitative estimate of drug-likeness (QED) is 0.714. The van der Waals surface area contributed by atoms with Crippen LogP contribution in [0.25, 0.3) is 10.2 Å². The maximum absolute atomic E-state index is 12.9. The number of carbonyl (C=O) groups excluding carboxylic acids is 1. The van der Waals surface area contributed by atoms with Crippen LogP contribution < -0.4 is 5.32 Å². The summed E-state index contributed by atoms with van der Waals surface area (Å²) in [7, 11) is 1.88. The van der Waals surface area contributed by atoms with E-state index < -0.39 is 0 Å². The Balaban J connectivity index is 1.54. The van der Waals surface area contributed by atoms with Gasteiger partial charge < -0.3 is 10.2 Å². The van der Waals surface area contributed by atoms with E-state index >= 15 is 0 Å². The molecule has 1 fully saturated rings. The summed E-state index contributed by atoms with van der Waals surface area (Å²) in [5.41, 5.74) is 0.999. The van der Waals surface area contributed by atoms with E-state index in [0.717, 1.165) is 58.3 Å². The van der Waals surface area contributed by atoms with Crippen LogP contribution in [0.3, 0.4) is 0 Å². The van der Waals surface area contributed by atoms with E-state index in [-0.39, 0.29) is 5.91 Å². The van der Waals surface area contributed by atoms with Crippen molar-refractivity contribution in [2.45, 2.75) is 39.5 Å². The Kier molecular flexibility index (Phi) is 5.17. The molecule has 6 heteroatoms. The molecule has 5 nitrogen and oxygen atoms in total. The predicted molar refractivity (Wildman–Crippen MR) is 111 cm³/mol. The van der Waals surface area contributed by atoms with Gasteiger partial charge in [0.15, 0.2) is 0 Å². The molecular formula is C21H28N4OS. The number of rotatable bonds is 7. The molecule has 3 atom stereocenters. The fourth-order valence-corrected chi connectivity index (χ4v) is 5.58. The van der Waals surface area contributed by atoms with Crippen LogP contribution in [-0.2, 0) is 0 Å². The lowest BCUT2D eigenvalue weighted by Crippen LogP contribution is -2.27. The van der Waals surface area contributed by atoms with Gasteiger partial charge in [-0.05, 0) is 49.5 Å². The molecule has 27 heavy (non-hydrogen) atoms. The summed E-state index contributed by atoms with van der Waals surface area (Å²) < 4.78 is 0. The van der Waals surface area contributed by atoms with Gasteiger partial charge in [0.05, 0.1) is 10.3 Å². The summed E-state index contributed by atoms with van der Waals surface area (Å²) in [5, 5.41) is 4.58. The standard InChI is InChI=1S/C21H28N4OS/c1-4-5-8-25(3)21(26)18-13(2)17-19(23-12-24-20(17)27-18)22-11-16-10-14-6-7-15(16)9-14/h6-7,12,14-16H,4-5,8-11H2,1-3H3,(H,22,23,24)/t14-,15+,16-/m0/s1. The number of amides is 1. The van der Waals surface area contributed by atoms with Crippen LogP contribution in [-0.4, -0.2) is 40.9 Å². The van der Waals surface area contributed by atoms with Crippen molar-refractivity contribution in [3.05, 3.63) is 28.9 Å². The first-order valence-electron chi connectivity index (χ1n) is 10.00. The van der Waals surface area contributed by atoms with Gasteiger partial charge in [-0.2, -0.15) is 0 Å². The first kappa shape index (κ1) is 18.4. The molecule has 0 saturated heterocycles. The van der Waals surface area contributed by atoms with Crippen LogP contribution in [0.15, 0.2) is 18.5 Å². The van der Waals surface area contributed by atoms with Gasteiger partial charge in [-0.1, -0.05) is 25.5 Å². The minimum Gasteiger partial charge on any atom is -0.369 e. The van der Waals surface area contributed by atoms with Crippen LogP contribution in [0, 0.1) is 24.7 Å². The number of hydrogen-bond donors (Lipinski definition) is 1. The molecule has 4 rings (SSSR count). The molecule has 1 amide bonds. The lowest BCUT2D eigenvalue weighted by Gasteiger charge is -2.19. The van der Waals surface area contributed by atoms with E-state index in [4.69, 9.17) is 0 Å². The van der Waals surface area contributed by atoms with Crippen molar-refractivity contribution in [1.29, 1.82) is 0 Å². The zero-order valence-corrected chi connectivity index (χ0v) is 17.2. The molecule has 1 N–H and O–H groups in total. The number of fused-ring (bicyclic) bond motifs is 3. The third kappa shape index (κ3) is 3.47. The van der Waals surface area contributed by atoms with Crippen molar-refractivity contribution in [3.8, 4) is 0 Å². The number of nitrogens with one attached hydrogen (secondary N) is 1. The molecular weight excluding hydrogens is 356 g/mol. The minimum absolute atomic E-state index is 0.0909. The number of aromatic nitrogens is 2. The number of thiophene rings is 1. The van der Waals surface area contributed by atoms with Crippen molar-refractivity contribution in [2.75, 3.05) is 25.5 Å². The van der Waals surface area contributed by atoms with E-state index in [0.29, 0.717) is 11.8 Å². The molecule has 2 aromatic heterocycles. The van der Waals surface area contributed by atoms with E-state index in [2.05, 4.69) is 34.4 Å². The van der Waals surface area contributed by atoms with Gasteiger partial charge in [-0.25, -0.2) is 9.97 Å². The second kappa shape index (κ2) is 7.58. The smallest absolute Gasteiger partial charge is 0.264 e. The third-order valence-corrected chi connectivity index (χ3v) is 7.25. The monoisotopic (exact) mass is 384 g/mol. The summed E-state index contributed by atoms with van der Waals surface area (Å²) in [6.45, 7) is 5.89. The average molecular weight is 385 g/mol. The minimum atomic E-state index is 0.0909. The lowest BCUT2D eigenvalue weighted by atomic mass is 9.93. The Morgan fingerprint density at radius 3 is 2.89 bits per heavy atom. The van der Waals surface area contributed by atoms with Crippen molar-refractivity contribution in [1.82, 2.24) is 14.9 Å². The highest BCUT2D eigenvalue weighted by Gasteiger charge is 2.35. The van der Waals surface area contributed by atoms with Crippen molar-refractivity contribution in [2.24, 2.45) is 17.8 Å². The Hall–Kier alpha value is -1.95. The zero-order chi connectivity index (χ0) is 19.0. The summed E-state index contributed by atoms with van der Waals surface area (Å²) >= 11 is 1.48. The molecule has 2 heterocycles. The Morgan fingerprint density at radius 2 is 2.19 bits per heavy atom. The molecule has 0 aliphatic heterocycles. The Morgan fingerprint density at radius 1 is 1.33 bits per heavy atom. The van der Waals surface area contributed by atoms with Gasteiger partial charge >= 0.3 is 0 Å². The highest BCUT2D eigenvalue weighted by atomic mass is 32.1. The van der Waals surface area contributed by atoms with E-state index in [1.165, 1.54) is 24.2 Å². The van der Waals surface area contributed by atoms with Crippen LogP contribution in [0.2, 0.25) is 0 Å². The first-order valence-corrected chi connectivity index (χ1v) is 10.8.